The fourth-order valence-electron chi connectivity index (χ4n) is 5.63. The molecule has 1 aromatic heterocycles. The Morgan fingerprint density at radius 2 is 1.73 bits per heavy atom. The molecule has 6 heteroatoms. The quantitative estimate of drug-likeness (QED) is 0.343. The van der Waals surface area contributed by atoms with Crippen LogP contribution in [0.3, 0.4) is 0 Å². The van der Waals surface area contributed by atoms with E-state index in [1.54, 1.807) is 0 Å². The van der Waals surface area contributed by atoms with Gasteiger partial charge in [-0.05, 0) is 36.4 Å². The molecule has 1 aromatic carbocycles. The number of Topliss-reactive ketones (excluding diaryl/α,β-unsaturated/α-hetero) is 1. The van der Waals surface area contributed by atoms with Gasteiger partial charge in [-0.2, -0.15) is 0 Å². The number of carbonyl (C=O) groups is 2. The molecule has 1 atom stereocenters. The lowest BCUT2D eigenvalue weighted by atomic mass is 9.83. The van der Waals surface area contributed by atoms with Crippen molar-refractivity contribution < 1.29 is 18.8 Å². The van der Waals surface area contributed by atoms with Gasteiger partial charge in [-0.3, -0.25) is 9.59 Å². The molecule has 6 rings (SSSR count). The lowest BCUT2D eigenvalue weighted by Crippen LogP contribution is -2.65. The van der Waals surface area contributed by atoms with Crippen LogP contribution in [0.5, 0.6) is 0 Å². The molecule has 4 fully saturated rings. The first-order valence-corrected chi connectivity index (χ1v) is 13.3. The first kappa shape index (κ1) is 24.0. The summed E-state index contributed by atoms with van der Waals surface area (Å²) in [5.41, 5.74) is 1.27. The highest BCUT2D eigenvalue weighted by Crippen LogP contribution is 2.36. The van der Waals surface area contributed by atoms with Crippen molar-refractivity contribution in [3.63, 3.8) is 0 Å². The van der Waals surface area contributed by atoms with Gasteiger partial charge in [-0.1, -0.05) is 43.5 Å². The van der Waals surface area contributed by atoms with E-state index in [1.807, 2.05) is 17.5 Å². The first-order valence-electron chi connectivity index (χ1n) is 12.4. The summed E-state index contributed by atoms with van der Waals surface area (Å²) in [6.07, 6.45) is 9.03. The number of esters is 1. The van der Waals surface area contributed by atoms with Gasteiger partial charge >= 0.3 is 5.97 Å². The topological polar surface area (TPSA) is 55.4 Å². The Morgan fingerprint density at radius 1 is 1.00 bits per heavy atom. The average molecular weight is 470 g/mol. The van der Waals surface area contributed by atoms with E-state index in [0.717, 1.165) is 47.9 Å². The van der Waals surface area contributed by atoms with Gasteiger partial charge in [0.2, 0.25) is 5.78 Å². The van der Waals surface area contributed by atoms with Gasteiger partial charge in [0.15, 0.2) is 6.10 Å². The minimum Gasteiger partial charge on any atom is -0.456 e. The third-order valence-corrected chi connectivity index (χ3v) is 8.29. The second-order valence-corrected chi connectivity index (χ2v) is 10.8. The maximum atomic E-state index is 12.4. The number of hydrogen-bond acceptors (Lipinski definition) is 5. The molecule has 1 N–H and O–H groups in total. The van der Waals surface area contributed by atoms with Crippen molar-refractivity contribution in [1.29, 1.82) is 0 Å². The smallest absolute Gasteiger partial charge is 0.303 e. The molecule has 33 heavy (non-hydrogen) atoms. The number of anilines is 1. The van der Waals surface area contributed by atoms with Gasteiger partial charge in [0, 0.05) is 37.4 Å². The third kappa shape index (κ3) is 6.67. The Labute approximate surface area is 201 Å². The molecular weight excluding hydrogens is 432 g/mol. The van der Waals surface area contributed by atoms with Crippen LogP contribution >= 0.6 is 11.3 Å². The summed E-state index contributed by atoms with van der Waals surface area (Å²) in [5, 5.41) is 5.52. The lowest BCUT2D eigenvalue weighted by Gasteiger charge is -2.51. The van der Waals surface area contributed by atoms with Crippen LogP contribution in [0, 0.1) is 5.92 Å². The summed E-state index contributed by atoms with van der Waals surface area (Å²) in [4.78, 5) is 24.4. The van der Waals surface area contributed by atoms with Crippen molar-refractivity contribution in [1.82, 2.24) is 0 Å². The van der Waals surface area contributed by atoms with Crippen LogP contribution < -0.4 is 5.32 Å². The first-order chi connectivity index (χ1) is 16.0. The fraction of sp³-hybridized carbons (Fsp3) is 0.556. The predicted molar refractivity (Wildman–Crippen MR) is 134 cm³/mol. The highest BCUT2D eigenvalue weighted by Gasteiger charge is 2.48. The van der Waals surface area contributed by atoms with Crippen molar-refractivity contribution in [2.75, 3.05) is 31.5 Å². The van der Waals surface area contributed by atoms with Crippen LogP contribution in [0.1, 0.15) is 61.5 Å². The zero-order valence-electron chi connectivity index (χ0n) is 19.7. The van der Waals surface area contributed by atoms with Crippen molar-refractivity contribution in [2.45, 2.75) is 64.0 Å². The zero-order chi connectivity index (χ0) is 23.1. The Balaban J connectivity index is 0.000000172. The summed E-state index contributed by atoms with van der Waals surface area (Å²) in [7, 11) is 0. The number of rotatable bonds is 6. The van der Waals surface area contributed by atoms with Crippen molar-refractivity contribution in [3.8, 4) is 0 Å². The van der Waals surface area contributed by atoms with E-state index < -0.39 is 0 Å². The number of para-hydroxylation sites is 1. The van der Waals surface area contributed by atoms with Crippen molar-refractivity contribution >= 4 is 28.8 Å². The molecule has 1 unspecified atom stereocenters. The Kier molecular flexibility index (Phi) is 8.20. The maximum Gasteiger partial charge on any atom is 0.303 e. The summed E-state index contributed by atoms with van der Waals surface area (Å²) in [6.45, 7) is 4.91. The normalized spacial score (nSPS) is 26.7. The second kappa shape index (κ2) is 11.3. The van der Waals surface area contributed by atoms with Crippen LogP contribution in [0.4, 0.5) is 5.69 Å². The van der Waals surface area contributed by atoms with Gasteiger partial charge in [0.05, 0.1) is 18.0 Å². The van der Waals surface area contributed by atoms with E-state index in [4.69, 9.17) is 4.74 Å². The van der Waals surface area contributed by atoms with Gasteiger partial charge in [0.1, 0.15) is 13.1 Å². The molecule has 4 aliphatic rings. The van der Waals surface area contributed by atoms with Gasteiger partial charge < -0.3 is 14.5 Å². The molecule has 3 aliphatic heterocycles. The van der Waals surface area contributed by atoms with Gasteiger partial charge in [-0.25, -0.2) is 0 Å². The molecule has 5 nitrogen and oxygen atoms in total. The van der Waals surface area contributed by atoms with Crippen molar-refractivity contribution in [3.05, 3.63) is 52.7 Å². The molecular formula is C27H37N2O3S+. The predicted octanol–water partition coefficient (Wildman–Crippen LogP) is 5.53. The fourth-order valence-corrected chi connectivity index (χ4v) is 6.28. The second-order valence-electron chi connectivity index (χ2n) is 9.86. The number of ether oxygens (including phenoxy) is 1. The summed E-state index contributed by atoms with van der Waals surface area (Å²) < 4.78 is 6.26. The van der Waals surface area contributed by atoms with Gasteiger partial charge in [0.25, 0.3) is 0 Å². The molecule has 0 radical (unpaired) electrons. The Morgan fingerprint density at radius 3 is 2.36 bits per heavy atom. The van der Waals surface area contributed by atoms with Crippen molar-refractivity contribution in [2.24, 2.45) is 5.92 Å². The SMILES string of the molecule is CC(=O)OC1C[N+]2(CC(=O)c3cccs3)CCC1CC2.c1ccc(NC2CCCCC2)cc1. The number of fused-ring (bicyclic) bond motifs is 3. The van der Waals surface area contributed by atoms with Crippen LogP contribution in [0.2, 0.25) is 0 Å². The lowest BCUT2D eigenvalue weighted by molar-refractivity contribution is -0.938. The number of nitrogens with one attached hydrogen (secondary N) is 1. The molecule has 0 amide bonds. The molecule has 178 valence electrons. The minimum absolute atomic E-state index is 0.00568. The van der Waals surface area contributed by atoms with E-state index in [1.165, 1.54) is 56.1 Å². The highest BCUT2D eigenvalue weighted by atomic mass is 32.1. The Bertz CT molecular complexity index is 885. The molecule has 4 heterocycles. The molecule has 1 saturated carbocycles. The van der Waals surface area contributed by atoms with E-state index in [2.05, 4.69) is 35.6 Å². The summed E-state index contributed by atoms with van der Waals surface area (Å²) in [6, 6.07) is 15.1. The standard InChI is InChI=1S/C15H20NO3S.C12H17N/c1-11(17)19-14-10-16(6-4-12(14)5-7-16)9-13(18)15-3-2-8-20-15;1-3-7-11(8-4-1)13-12-9-5-2-6-10-12/h2-3,8,12,14H,4-7,9-10H2,1H3;1,3-4,7-8,12-13H,2,5-6,9-10H2/q+1;. The average Bonchev–Trinajstić information content (AvgIpc) is 3.36. The van der Waals surface area contributed by atoms with E-state index >= 15 is 0 Å². The molecule has 3 saturated heterocycles. The zero-order valence-corrected chi connectivity index (χ0v) is 20.5. The number of thiophene rings is 1. The molecule has 1 aliphatic carbocycles. The van der Waals surface area contributed by atoms with E-state index in [-0.39, 0.29) is 17.9 Å². The van der Waals surface area contributed by atoms with Crippen LogP contribution in [0.15, 0.2) is 47.8 Å². The van der Waals surface area contributed by atoms with Crippen LogP contribution in [0.25, 0.3) is 0 Å². The van der Waals surface area contributed by atoms with Crippen LogP contribution in [-0.2, 0) is 9.53 Å². The minimum atomic E-state index is -0.202. The van der Waals surface area contributed by atoms with Crippen LogP contribution in [-0.4, -0.2) is 54.6 Å². The number of carbonyl (C=O) groups excluding carboxylic acids is 2. The number of quaternary nitrogens is 1. The molecule has 2 bridgehead atoms. The number of piperidine rings is 3. The van der Waals surface area contributed by atoms with Gasteiger partial charge in [-0.15, -0.1) is 11.3 Å². The number of ketones is 1. The van der Waals surface area contributed by atoms with E-state index in [0.29, 0.717) is 12.5 Å². The summed E-state index contributed by atoms with van der Waals surface area (Å²) >= 11 is 1.51. The maximum absolute atomic E-state index is 12.4. The summed E-state index contributed by atoms with van der Waals surface area (Å²) in [5.74, 6) is 0.518. The largest absolute Gasteiger partial charge is 0.456 e. The third-order valence-electron chi connectivity index (χ3n) is 7.38. The highest BCUT2D eigenvalue weighted by molar-refractivity contribution is 7.12. The number of nitrogens with zero attached hydrogens (tertiary/aromatic N) is 1. The monoisotopic (exact) mass is 469 g/mol. The number of benzene rings is 1. The van der Waals surface area contributed by atoms with E-state index in [9.17, 15) is 9.59 Å². The Hall–Kier alpha value is -2.18. The molecule has 2 aromatic rings. The molecule has 0 spiro atoms. The number of hydrogen-bond donors (Lipinski definition) is 1.